The average molecular weight is 232 g/mol. The Morgan fingerprint density at radius 1 is 1.53 bits per heavy atom. The molecule has 0 fully saturated rings. The van der Waals surface area contributed by atoms with Crippen molar-refractivity contribution in [3.63, 3.8) is 0 Å². The van der Waals surface area contributed by atoms with Crippen LogP contribution in [0.4, 0.5) is 5.69 Å². The Balaban J connectivity index is 2.06. The summed E-state index contributed by atoms with van der Waals surface area (Å²) in [4.78, 5) is 15.4. The molecule has 17 heavy (non-hydrogen) atoms. The van der Waals surface area contributed by atoms with Crippen molar-refractivity contribution in [2.75, 3.05) is 5.32 Å². The van der Waals surface area contributed by atoms with Crippen LogP contribution in [0.2, 0.25) is 0 Å². The molecule has 0 radical (unpaired) electrons. The summed E-state index contributed by atoms with van der Waals surface area (Å²) >= 11 is 0. The first-order chi connectivity index (χ1) is 8.16. The molecule has 2 aromatic rings. The zero-order valence-corrected chi connectivity index (χ0v) is 9.29. The van der Waals surface area contributed by atoms with Crippen LogP contribution in [0.3, 0.4) is 0 Å². The van der Waals surface area contributed by atoms with Gasteiger partial charge in [-0.3, -0.25) is 4.79 Å². The summed E-state index contributed by atoms with van der Waals surface area (Å²) in [5, 5.41) is 16.0. The molecule has 0 atom stereocenters. The third kappa shape index (κ3) is 2.60. The number of hydrogen-bond acceptors (Lipinski definition) is 4. The van der Waals surface area contributed by atoms with E-state index in [0.29, 0.717) is 11.3 Å². The number of anilines is 1. The first kappa shape index (κ1) is 11.1. The number of aromatic hydroxyl groups is 1. The lowest BCUT2D eigenvalue weighted by Gasteiger charge is -2.09. The Morgan fingerprint density at radius 2 is 2.35 bits per heavy atom. The Hall–Kier alpha value is -2.37. The standard InChI is InChI=1S/C11H12N4O2/c1-8-9(3-2-4-10(8)16)14-11(17)5-15-7-12-6-13-15/h2-4,6-7,16H,5H2,1H3,(H,14,17). The molecule has 0 bridgehead atoms. The molecule has 1 heterocycles. The number of phenolic OH excluding ortho intramolecular Hbond substituents is 1. The van der Waals surface area contributed by atoms with Gasteiger partial charge in [0.2, 0.25) is 5.91 Å². The van der Waals surface area contributed by atoms with Crippen LogP contribution in [0.1, 0.15) is 5.56 Å². The second-order valence-electron chi connectivity index (χ2n) is 3.59. The van der Waals surface area contributed by atoms with E-state index >= 15 is 0 Å². The molecule has 88 valence electrons. The average Bonchev–Trinajstić information content (AvgIpc) is 2.77. The molecule has 2 N–H and O–H groups in total. The zero-order valence-electron chi connectivity index (χ0n) is 9.29. The van der Waals surface area contributed by atoms with Gasteiger partial charge < -0.3 is 10.4 Å². The van der Waals surface area contributed by atoms with Gasteiger partial charge in [0.1, 0.15) is 24.9 Å². The van der Waals surface area contributed by atoms with Crippen LogP contribution in [-0.2, 0) is 11.3 Å². The van der Waals surface area contributed by atoms with E-state index in [1.807, 2.05) is 0 Å². The fraction of sp³-hybridized carbons (Fsp3) is 0.182. The lowest BCUT2D eigenvalue weighted by atomic mass is 10.2. The van der Waals surface area contributed by atoms with E-state index in [-0.39, 0.29) is 18.2 Å². The smallest absolute Gasteiger partial charge is 0.246 e. The highest BCUT2D eigenvalue weighted by atomic mass is 16.3. The second-order valence-corrected chi connectivity index (χ2v) is 3.59. The molecule has 2 rings (SSSR count). The van der Waals surface area contributed by atoms with Gasteiger partial charge in [0.25, 0.3) is 0 Å². The molecule has 1 aromatic carbocycles. The van der Waals surface area contributed by atoms with Gasteiger partial charge in [0.05, 0.1) is 0 Å². The largest absolute Gasteiger partial charge is 0.508 e. The van der Waals surface area contributed by atoms with Crippen LogP contribution in [0, 0.1) is 6.92 Å². The highest BCUT2D eigenvalue weighted by Crippen LogP contribution is 2.23. The topological polar surface area (TPSA) is 80.0 Å². The molecule has 0 unspecified atom stereocenters. The maximum atomic E-state index is 11.7. The van der Waals surface area contributed by atoms with Crippen molar-refractivity contribution in [2.45, 2.75) is 13.5 Å². The van der Waals surface area contributed by atoms with Gasteiger partial charge in [-0.2, -0.15) is 5.10 Å². The highest BCUT2D eigenvalue weighted by Gasteiger charge is 2.07. The number of carbonyl (C=O) groups excluding carboxylic acids is 1. The van der Waals surface area contributed by atoms with Crippen LogP contribution < -0.4 is 5.32 Å². The molecular formula is C11H12N4O2. The Kier molecular flexibility index (Phi) is 3.04. The Bertz CT molecular complexity index is 522. The van der Waals surface area contributed by atoms with Crippen LogP contribution >= 0.6 is 0 Å². The lowest BCUT2D eigenvalue weighted by molar-refractivity contribution is -0.116. The number of amides is 1. The number of aromatic nitrogens is 3. The summed E-state index contributed by atoms with van der Waals surface area (Å²) in [6, 6.07) is 4.98. The molecule has 0 aliphatic carbocycles. The quantitative estimate of drug-likeness (QED) is 0.825. The van der Waals surface area contributed by atoms with Crippen molar-refractivity contribution in [1.82, 2.24) is 14.8 Å². The fourth-order valence-corrected chi connectivity index (χ4v) is 1.41. The van der Waals surface area contributed by atoms with Gasteiger partial charge in [0, 0.05) is 11.3 Å². The van der Waals surface area contributed by atoms with Crippen molar-refractivity contribution in [1.29, 1.82) is 0 Å². The molecule has 6 nitrogen and oxygen atoms in total. The first-order valence-electron chi connectivity index (χ1n) is 5.07. The van der Waals surface area contributed by atoms with Gasteiger partial charge in [-0.1, -0.05) is 6.07 Å². The molecule has 0 saturated carbocycles. The highest BCUT2D eigenvalue weighted by molar-refractivity contribution is 5.91. The number of hydrogen-bond donors (Lipinski definition) is 2. The fourth-order valence-electron chi connectivity index (χ4n) is 1.41. The Labute approximate surface area is 97.9 Å². The van der Waals surface area contributed by atoms with Crippen molar-refractivity contribution in [3.8, 4) is 5.75 Å². The summed E-state index contributed by atoms with van der Waals surface area (Å²) in [6.45, 7) is 1.83. The predicted molar refractivity (Wildman–Crippen MR) is 61.5 cm³/mol. The van der Waals surface area contributed by atoms with E-state index in [1.54, 1.807) is 25.1 Å². The number of rotatable bonds is 3. The van der Waals surface area contributed by atoms with Crippen LogP contribution in [0.25, 0.3) is 0 Å². The van der Waals surface area contributed by atoms with Gasteiger partial charge in [0.15, 0.2) is 0 Å². The third-order valence-corrected chi connectivity index (χ3v) is 2.35. The third-order valence-electron chi connectivity index (χ3n) is 2.35. The molecule has 0 aliphatic heterocycles. The van der Waals surface area contributed by atoms with Crippen molar-refractivity contribution in [3.05, 3.63) is 36.4 Å². The summed E-state index contributed by atoms with van der Waals surface area (Å²) in [5.74, 6) is -0.0623. The van der Waals surface area contributed by atoms with Crippen molar-refractivity contribution in [2.24, 2.45) is 0 Å². The maximum absolute atomic E-state index is 11.7. The first-order valence-corrected chi connectivity index (χ1v) is 5.07. The Morgan fingerprint density at radius 3 is 3.06 bits per heavy atom. The van der Waals surface area contributed by atoms with Gasteiger partial charge in [-0.05, 0) is 19.1 Å². The number of nitrogens with zero attached hydrogens (tertiary/aromatic N) is 3. The molecule has 0 spiro atoms. The summed E-state index contributed by atoms with van der Waals surface area (Å²) < 4.78 is 1.42. The van der Waals surface area contributed by atoms with E-state index in [1.165, 1.54) is 17.3 Å². The monoisotopic (exact) mass is 232 g/mol. The minimum atomic E-state index is -0.218. The summed E-state index contributed by atoms with van der Waals surface area (Å²) in [7, 11) is 0. The molecular weight excluding hydrogens is 220 g/mol. The number of phenols is 1. The molecule has 0 aliphatic rings. The molecule has 6 heteroatoms. The summed E-state index contributed by atoms with van der Waals surface area (Å²) in [5.41, 5.74) is 1.23. The normalized spacial score (nSPS) is 10.2. The maximum Gasteiger partial charge on any atom is 0.246 e. The summed E-state index contributed by atoms with van der Waals surface area (Å²) in [6.07, 6.45) is 2.84. The number of nitrogens with one attached hydrogen (secondary N) is 1. The van der Waals surface area contributed by atoms with E-state index in [0.717, 1.165) is 0 Å². The second kappa shape index (κ2) is 4.65. The lowest BCUT2D eigenvalue weighted by Crippen LogP contribution is -2.19. The molecule has 1 amide bonds. The van der Waals surface area contributed by atoms with E-state index in [4.69, 9.17) is 0 Å². The molecule has 0 saturated heterocycles. The van der Waals surface area contributed by atoms with Crippen LogP contribution in [-0.4, -0.2) is 25.8 Å². The van der Waals surface area contributed by atoms with E-state index < -0.39 is 0 Å². The van der Waals surface area contributed by atoms with Gasteiger partial charge in [-0.25, -0.2) is 9.67 Å². The van der Waals surface area contributed by atoms with Crippen LogP contribution in [0.5, 0.6) is 5.75 Å². The number of benzene rings is 1. The van der Waals surface area contributed by atoms with Gasteiger partial charge >= 0.3 is 0 Å². The minimum Gasteiger partial charge on any atom is -0.508 e. The van der Waals surface area contributed by atoms with Gasteiger partial charge in [-0.15, -0.1) is 0 Å². The van der Waals surface area contributed by atoms with Crippen molar-refractivity contribution < 1.29 is 9.90 Å². The van der Waals surface area contributed by atoms with Crippen molar-refractivity contribution >= 4 is 11.6 Å². The minimum absolute atomic E-state index is 0.0924. The SMILES string of the molecule is Cc1c(O)cccc1NC(=O)Cn1cncn1. The predicted octanol–water partition coefficient (Wildman–Crippen LogP) is 0.931. The van der Waals surface area contributed by atoms with E-state index in [9.17, 15) is 9.90 Å². The van der Waals surface area contributed by atoms with E-state index in [2.05, 4.69) is 15.4 Å². The van der Waals surface area contributed by atoms with Crippen LogP contribution in [0.15, 0.2) is 30.9 Å². The molecule has 1 aromatic heterocycles. The zero-order chi connectivity index (χ0) is 12.3. The number of carbonyl (C=O) groups is 1.